The summed E-state index contributed by atoms with van der Waals surface area (Å²) < 4.78 is 0. The van der Waals surface area contributed by atoms with Crippen molar-refractivity contribution in [2.45, 2.75) is 27.7 Å². The molecule has 0 aromatic rings. The molecule has 0 fully saturated rings. The van der Waals surface area contributed by atoms with Gasteiger partial charge in [-0.2, -0.15) is 0 Å². The highest BCUT2D eigenvalue weighted by Crippen LogP contribution is 2.28. The van der Waals surface area contributed by atoms with Crippen molar-refractivity contribution in [3.05, 3.63) is 36.0 Å². The highest BCUT2D eigenvalue weighted by atomic mass is 14.2. The average Bonchev–Trinajstić information content (AvgIpc) is 2.11. The molecule has 0 nitrogen and oxygen atoms in total. The van der Waals surface area contributed by atoms with E-state index in [-0.39, 0.29) is 5.41 Å². The van der Waals surface area contributed by atoms with Gasteiger partial charge in [0.05, 0.1) is 0 Å². The van der Waals surface area contributed by atoms with Crippen LogP contribution in [0.3, 0.4) is 0 Å². The largest absolute Gasteiger partial charge is 0.0779 e. The van der Waals surface area contributed by atoms with Crippen molar-refractivity contribution in [1.29, 1.82) is 0 Å². The van der Waals surface area contributed by atoms with E-state index in [1.807, 2.05) is 0 Å². The number of rotatable bonds is 0. The Balaban J connectivity index is 2.91. The number of allylic oxidation sites excluding steroid dienone is 6. The van der Waals surface area contributed by atoms with E-state index in [9.17, 15) is 0 Å². The van der Waals surface area contributed by atoms with Crippen molar-refractivity contribution >= 4 is 0 Å². The Bertz CT molecular complexity index is 233. The van der Waals surface area contributed by atoms with Crippen molar-refractivity contribution in [3.63, 3.8) is 0 Å². The molecule has 1 atom stereocenters. The third kappa shape index (κ3) is 2.37. The SMILES string of the molecule is CC1C=CC=CC(C(C)(C)C)=C1. The molecular formula is C12H18. The van der Waals surface area contributed by atoms with Crippen LogP contribution in [0.4, 0.5) is 0 Å². The maximum Gasteiger partial charge on any atom is -0.00727 e. The molecule has 1 rings (SSSR count). The van der Waals surface area contributed by atoms with Gasteiger partial charge in [0.1, 0.15) is 0 Å². The van der Waals surface area contributed by atoms with E-state index in [0.29, 0.717) is 5.92 Å². The van der Waals surface area contributed by atoms with Crippen molar-refractivity contribution in [3.8, 4) is 0 Å². The first-order valence-corrected chi connectivity index (χ1v) is 4.57. The predicted molar refractivity (Wildman–Crippen MR) is 55.0 cm³/mol. The molecule has 0 aliphatic heterocycles. The number of hydrogen-bond donors (Lipinski definition) is 0. The van der Waals surface area contributed by atoms with Crippen molar-refractivity contribution in [2.75, 3.05) is 0 Å². The van der Waals surface area contributed by atoms with Crippen LogP contribution >= 0.6 is 0 Å². The van der Waals surface area contributed by atoms with Gasteiger partial charge in [-0.3, -0.25) is 0 Å². The van der Waals surface area contributed by atoms with Crippen LogP contribution in [0, 0.1) is 11.3 Å². The van der Waals surface area contributed by atoms with Crippen molar-refractivity contribution < 1.29 is 0 Å². The molecule has 0 bridgehead atoms. The van der Waals surface area contributed by atoms with Gasteiger partial charge in [0, 0.05) is 0 Å². The average molecular weight is 162 g/mol. The quantitative estimate of drug-likeness (QED) is 0.509. The molecule has 1 aliphatic carbocycles. The Hall–Kier alpha value is -0.780. The summed E-state index contributed by atoms with van der Waals surface area (Å²) in [5.74, 6) is 0.564. The van der Waals surface area contributed by atoms with Gasteiger partial charge in [0.25, 0.3) is 0 Å². The summed E-state index contributed by atoms with van der Waals surface area (Å²) >= 11 is 0. The minimum atomic E-state index is 0.275. The molecular weight excluding hydrogens is 144 g/mol. The van der Waals surface area contributed by atoms with E-state index >= 15 is 0 Å². The van der Waals surface area contributed by atoms with Gasteiger partial charge in [0.2, 0.25) is 0 Å². The lowest BCUT2D eigenvalue weighted by molar-refractivity contribution is 0.513. The van der Waals surface area contributed by atoms with E-state index in [0.717, 1.165) is 0 Å². The van der Waals surface area contributed by atoms with Crippen LogP contribution in [0.1, 0.15) is 27.7 Å². The molecule has 1 unspecified atom stereocenters. The zero-order chi connectivity index (χ0) is 9.19. The van der Waals surface area contributed by atoms with Crippen molar-refractivity contribution in [2.24, 2.45) is 11.3 Å². The lowest BCUT2D eigenvalue weighted by Crippen LogP contribution is -2.08. The zero-order valence-electron chi connectivity index (χ0n) is 8.46. The van der Waals surface area contributed by atoms with Crippen LogP contribution in [0.5, 0.6) is 0 Å². The minimum absolute atomic E-state index is 0.275. The molecule has 0 aromatic carbocycles. The van der Waals surface area contributed by atoms with Gasteiger partial charge < -0.3 is 0 Å². The fourth-order valence-electron chi connectivity index (χ4n) is 1.29. The van der Waals surface area contributed by atoms with Gasteiger partial charge in [-0.1, -0.05) is 58.1 Å². The van der Waals surface area contributed by atoms with Crippen LogP contribution in [-0.2, 0) is 0 Å². The highest BCUT2D eigenvalue weighted by Gasteiger charge is 2.15. The maximum atomic E-state index is 2.33. The minimum Gasteiger partial charge on any atom is -0.0779 e. The first-order valence-electron chi connectivity index (χ1n) is 4.57. The molecule has 1 aliphatic rings. The normalized spacial score (nSPS) is 23.7. The maximum absolute atomic E-state index is 2.33. The summed E-state index contributed by atoms with van der Waals surface area (Å²) in [6.07, 6.45) is 11.0. The predicted octanol–water partition coefficient (Wildman–Crippen LogP) is 3.72. The molecule has 12 heavy (non-hydrogen) atoms. The lowest BCUT2D eigenvalue weighted by Gasteiger charge is -2.20. The highest BCUT2D eigenvalue weighted by molar-refractivity contribution is 5.31. The molecule has 0 heterocycles. The standard InChI is InChI=1S/C12H18/c1-10-7-5-6-8-11(9-10)12(2,3)4/h5-10H,1-4H3. The fourth-order valence-corrected chi connectivity index (χ4v) is 1.29. The second kappa shape index (κ2) is 3.30. The first kappa shape index (κ1) is 9.31. The molecule has 0 spiro atoms. The summed E-state index contributed by atoms with van der Waals surface area (Å²) in [6, 6.07) is 0. The van der Waals surface area contributed by atoms with Crippen LogP contribution in [0.2, 0.25) is 0 Å². The molecule has 0 heteroatoms. The first-order chi connectivity index (χ1) is 5.50. The van der Waals surface area contributed by atoms with E-state index < -0.39 is 0 Å². The molecule has 0 amide bonds. The topological polar surface area (TPSA) is 0 Å². The Morgan fingerprint density at radius 1 is 1.17 bits per heavy atom. The van der Waals surface area contributed by atoms with Gasteiger partial charge in [-0.25, -0.2) is 0 Å². The summed E-state index contributed by atoms with van der Waals surface area (Å²) in [5.41, 5.74) is 1.71. The number of hydrogen-bond acceptors (Lipinski definition) is 0. The molecule has 66 valence electrons. The van der Waals surface area contributed by atoms with E-state index in [4.69, 9.17) is 0 Å². The molecule has 0 saturated carbocycles. The summed E-state index contributed by atoms with van der Waals surface area (Å²) in [5, 5.41) is 0. The second-order valence-electron chi connectivity index (χ2n) is 4.48. The molecule has 0 saturated heterocycles. The summed E-state index contributed by atoms with van der Waals surface area (Å²) in [4.78, 5) is 0. The van der Waals surface area contributed by atoms with Gasteiger partial charge in [-0.15, -0.1) is 0 Å². The third-order valence-corrected chi connectivity index (χ3v) is 2.11. The van der Waals surface area contributed by atoms with E-state index in [1.54, 1.807) is 0 Å². The van der Waals surface area contributed by atoms with Crippen molar-refractivity contribution in [1.82, 2.24) is 0 Å². The Morgan fingerprint density at radius 3 is 2.42 bits per heavy atom. The van der Waals surface area contributed by atoms with Crippen LogP contribution in [0.25, 0.3) is 0 Å². The lowest BCUT2D eigenvalue weighted by atomic mass is 9.85. The zero-order valence-corrected chi connectivity index (χ0v) is 8.46. The van der Waals surface area contributed by atoms with Crippen LogP contribution in [-0.4, -0.2) is 0 Å². The van der Waals surface area contributed by atoms with Gasteiger partial charge in [0.15, 0.2) is 0 Å². The van der Waals surface area contributed by atoms with E-state index in [2.05, 4.69) is 58.1 Å². The third-order valence-electron chi connectivity index (χ3n) is 2.11. The smallest absolute Gasteiger partial charge is 0.00727 e. The van der Waals surface area contributed by atoms with Gasteiger partial charge >= 0.3 is 0 Å². The summed E-state index contributed by atoms with van der Waals surface area (Å²) in [6.45, 7) is 8.97. The monoisotopic (exact) mass is 162 g/mol. The molecule has 0 aromatic heterocycles. The molecule has 0 radical (unpaired) electrons. The Kier molecular flexibility index (Phi) is 2.56. The summed E-state index contributed by atoms with van der Waals surface area (Å²) in [7, 11) is 0. The molecule has 0 N–H and O–H groups in total. The van der Waals surface area contributed by atoms with E-state index in [1.165, 1.54) is 5.57 Å². The van der Waals surface area contributed by atoms with Crippen LogP contribution < -0.4 is 0 Å². The van der Waals surface area contributed by atoms with Gasteiger partial charge in [-0.05, 0) is 16.9 Å². The van der Waals surface area contributed by atoms with Crippen LogP contribution in [0.15, 0.2) is 36.0 Å². The Labute approximate surface area is 75.7 Å². The Morgan fingerprint density at radius 2 is 1.83 bits per heavy atom. The fraction of sp³-hybridized carbons (Fsp3) is 0.500. The second-order valence-corrected chi connectivity index (χ2v) is 4.48.